The monoisotopic (exact) mass is 207 g/mol. The maximum Gasteiger partial charge on any atom is 0.0700 e. The summed E-state index contributed by atoms with van der Waals surface area (Å²) in [6.07, 6.45) is 4.87. The molecule has 3 nitrogen and oxygen atoms in total. The minimum absolute atomic E-state index is 0.666. The van der Waals surface area contributed by atoms with Crippen molar-refractivity contribution >= 4 is 0 Å². The highest BCUT2D eigenvalue weighted by Gasteiger charge is 2.28. The Bertz CT molecular complexity index is 324. The van der Waals surface area contributed by atoms with Gasteiger partial charge in [0.1, 0.15) is 0 Å². The molecule has 1 fully saturated rings. The van der Waals surface area contributed by atoms with E-state index in [1.54, 1.807) is 0 Å². The van der Waals surface area contributed by atoms with Crippen LogP contribution >= 0.6 is 0 Å². The molecule has 0 atom stereocenters. The first-order chi connectivity index (χ1) is 7.20. The third kappa shape index (κ3) is 2.59. The van der Waals surface area contributed by atoms with Crippen LogP contribution in [0.5, 0.6) is 0 Å². The number of hydrogen-bond acceptors (Lipinski definition) is 2. The molecule has 0 bridgehead atoms. The molecule has 1 heterocycles. The lowest BCUT2D eigenvalue weighted by atomic mass is 10.2. The lowest BCUT2D eigenvalue weighted by Gasteiger charge is -2.03. The average molecular weight is 207 g/mol. The Morgan fingerprint density at radius 1 is 1.53 bits per heavy atom. The summed E-state index contributed by atoms with van der Waals surface area (Å²) >= 11 is 0. The molecule has 1 aromatic rings. The second-order valence-electron chi connectivity index (χ2n) is 4.96. The van der Waals surface area contributed by atoms with Crippen LogP contribution in [0.15, 0.2) is 6.20 Å². The fourth-order valence-corrected chi connectivity index (χ4v) is 1.97. The van der Waals surface area contributed by atoms with Crippen molar-refractivity contribution in [3.05, 3.63) is 17.5 Å². The maximum absolute atomic E-state index is 4.71. The van der Waals surface area contributed by atoms with Crippen LogP contribution in [0.1, 0.15) is 43.9 Å². The van der Waals surface area contributed by atoms with E-state index in [0.29, 0.717) is 5.92 Å². The number of aromatic nitrogens is 2. The smallest absolute Gasteiger partial charge is 0.0700 e. The van der Waals surface area contributed by atoms with E-state index in [1.807, 2.05) is 7.05 Å². The number of rotatable bonds is 5. The fourth-order valence-electron chi connectivity index (χ4n) is 1.97. The molecule has 1 aliphatic carbocycles. The van der Waals surface area contributed by atoms with Crippen LogP contribution in [-0.2, 0) is 13.1 Å². The molecule has 0 radical (unpaired) electrons. The van der Waals surface area contributed by atoms with E-state index >= 15 is 0 Å². The Hall–Kier alpha value is -0.830. The summed E-state index contributed by atoms with van der Waals surface area (Å²) in [7, 11) is 2.00. The summed E-state index contributed by atoms with van der Waals surface area (Å²) in [6.45, 7) is 6.44. The zero-order chi connectivity index (χ0) is 10.8. The van der Waals surface area contributed by atoms with Crippen LogP contribution < -0.4 is 5.32 Å². The Morgan fingerprint density at radius 2 is 2.27 bits per heavy atom. The number of hydrogen-bond donors (Lipinski definition) is 1. The van der Waals surface area contributed by atoms with Crippen LogP contribution in [0, 0.1) is 5.92 Å². The molecule has 1 saturated carbocycles. The Morgan fingerprint density at radius 3 is 2.80 bits per heavy atom. The minimum Gasteiger partial charge on any atom is -0.316 e. The van der Waals surface area contributed by atoms with Crippen molar-refractivity contribution in [1.29, 1.82) is 0 Å². The molecule has 2 rings (SSSR count). The van der Waals surface area contributed by atoms with Gasteiger partial charge in [-0.05, 0) is 25.8 Å². The zero-order valence-electron chi connectivity index (χ0n) is 9.95. The fraction of sp³-hybridized carbons (Fsp3) is 0.750. The molecular weight excluding hydrogens is 186 g/mol. The summed E-state index contributed by atoms with van der Waals surface area (Å²) in [4.78, 5) is 0. The molecule has 0 aliphatic heterocycles. The van der Waals surface area contributed by atoms with E-state index in [1.165, 1.54) is 24.1 Å². The van der Waals surface area contributed by atoms with Crippen molar-refractivity contribution in [3.8, 4) is 0 Å². The van der Waals surface area contributed by atoms with Crippen LogP contribution in [0.25, 0.3) is 0 Å². The van der Waals surface area contributed by atoms with Gasteiger partial charge in [-0.2, -0.15) is 5.10 Å². The quantitative estimate of drug-likeness (QED) is 0.801. The molecule has 0 saturated heterocycles. The van der Waals surface area contributed by atoms with Gasteiger partial charge in [0.15, 0.2) is 0 Å². The van der Waals surface area contributed by atoms with Gasteiger partial charge in [-0.1, -0.05) is 13.8 Å². The summed E-state index contributed by atoms with van der Waals surface area (Å²) in [6, 6.07) is 0. The van der Waals surface area contributed by atoms with Crippen LogP contribution in [-0.4, -0.2) is 16.8 Å². The second kappa shape index (κ2) is 4.35. The summed E-state index contributed by atoms with van der Waals surface area (Å²) in [5.41, 5.74) is 2.73. The standard InChI is InChI=1S/C12H21N3/c1-9(2)7-15-8-11(6-13-3)12(14-15)10-4-5-10/h8-10,13H,4-7H2,1-3H3. The van der Waals surface area contributed by atoms with Gasteiger partial charge in [-0.15, -0.1) is 0 Å². The average Bonchev–Trinajstić information content (AvgIpc) is 2.91. The molecule has 0 unspecified atom stereocenters. The van der Waals surface area contributed by atoms with Crippen molar-refractivity contribution in [2.24, 2.45) is 5.92 Å². The van der Waals surface area contributed by atoms with E-state index < -0.39 is 0 Å². The minimum atomic E-state index is 0.666. The SMILES string of the molecule is CNCc1cn(CC(C)C)nc1C1CC1. The van der Waals surface area contributed by atoms with E-state index in [2.05, 4.69) is 30.0 Å². The van der Waals surface area contributed by atoms with Gasteiger partial charge in [-0.3, -0.25) is 4.68 Å². The largest absolute Gasteiger partial charge is 0.316 e. The van der Waals surface area contributed by atoms with Crippen LogP contribution in [0.3, 0.4) is 0 Å². The molecule has 0 aromatic carbocycles. The van der Waals surface area contributed by atoms with Crippen molar-refractivity contribution < 1.29 is 0 Å². The van der Waals surface area contributed by atoms with Gasteiger partial charge < -0.3 is 5.32 Å². The molecule has 3 heteroatoms. The molecule has 1 N–H and O–H groups in total. The van der Waals surface area contributed by atoms with Crippen molar-refractivity contribution in [2.75, 3.05) is 7.05 Å². The lowest BCUT2D eigenvalue weighted by molar-refractivity contribution is 0.479. The predicted octanol–water partition coefficient (Wildman–Crippen LogP) is 2.14. The Labute approximate surface area is 91.9 Å². The summed E-state index contributed by atoms with van der Waals surface area (Å²) in [5, 5.41) is 7.93. The molecule has 15 heavy (non-hydrogen) atoms. The van der Waals surface area contributed by atoms with Crippen molar-refractivity contribution in [1.82, 2.24) is 15.1 Å². The lowest BCUT2D eigenvalue weighted by Crippen LogP contribution is -2.06. The van der Waals surface area contributed by atoms with Crippen LogP contribution in [0.4, 0.5) is 0 Å². The molecule has 1 aromatic heterocycles. The van der Waals surface area contributed by atoms with E-state index in [0.717, 1.165) is 19.0 Å². The molecular formula is C12H21N3. The highest BCUT2D eigenvalue weighted by atomic mass is 15.3. The predicted molar refractivity (Wildman–Crippen MR) is 61.8 cm³/mol. The van der Waals surface area contributed by atoms with Gasteiger partial charge in [0.25, 0.3) is 0 Å². The first kappa shape index (κ1) is 10.7. The Kier molecular flexibility index (Phi) is 3.10. The zero-order valence-corrected chi connectivity index (χ0v) is 9.95. The van der Waals surface area contributed by atoms with Crippen LogP contribution in [0.2, 0.25) is 0 Å². The molecule has 1 aliphatic rings. The van der Waals surface area contributed by atoms with Gasteiger partial charge in [0.2, 0.25) is 0 Å². The van der Waals surface area contributed by atoms with Gasteiger partial charge in [0, 0.05) is 30.8 Å². The molecule has 0 spiro atoms. The normalized spacial score (nSPS) is 16.3. The number of nitrogens with zero attached hydrogens (tertiary/aromatic N) is 2. The highest BCUT2D eigenvalue weighted by molar-refractivity contribution is 5.24. The van der Waals surface area contributed by atoms with E-state index in [4.69, 9.17) is 5.10 Å². The first-order valence-corrected chi connectivity index (χ1v) is 5.91. The first-order valence-electron chi connectivity index (χ1n) is 5.91. The van der Waals surface area contributed by atoms with E-state index in [9.17, 15) is 0 Å². The molecule has 0 amide bonds. The molecule has 84 valence electrons. The Balaban J connectivity index is 2.15. The van der Waals surface area contributed by atoms with Gasteiger partial charge in [0.05, 0.1) is 5.69 Å². The highest BCUT2D eigenvalue weighted by Crippen LogP contribution is 2.40. The van der Waals surface area contributed by atoms with Crippen molar-refractivity contribution in [3.63, 3.8) is 0 Å². The third-order valence-electron chi connectivity index (χ3n) is 2.75. The number of nitrogens with one attached hydrogen (secondary N) is 1. The second-order valence-corrected chi connectivity index (χ2v) is 4.96. The third-order valence-corrected chi connectivity index (χ3v) is 2.75. The van der Waals surface area contributed by atoms with Gasteiger partial charge in [-0.25, -0.2) is 0 Å². The maximum atomic E-state index is 4.71. The topological polar surface area (TPSA) is 29.9 Å². The summed E-state index contributed by atoms with van der Waals surface area (Å²) < 4.78 is 2.12. The summed E-state index contributed by atoms with van der Waals surface area (Å²) in [5.74, 6) is 1.42. The van der Waals surface area contributed by atoms with Crippen molar-refractivity contribution in [2.45, 2.75) is 45.7 Å². The van der Waals surface area contributed by atoms with Gasteiger partial charge >= 0.3 is 0 Å². The van der Waals surface area contributed by atoms with E-state index in [-0.39, 0.29) is 0 Å².